The van der Waals surface area contributed by atoms with E-state index >= 15 is 0 Å². The molecule has 0 aromatic rings. The smallest absolute Gasteiger partial charge is 0.0431 e. The van der Waals surface area contributed by atoms with E-state index < -0.39 is 0 Å². The third kappa shape index (κ3) is 5.58. The molecule has 0 saturated carbocycles. The van der Waals surface area contributed by atoms with E-state index in [9.17, 15) is 0 Å². The molecule has 0 aromatic heterocycles. The topological polar surface area (TPSA) is 35.5 Å². The lowest BCUT2D eigenvalue weighted by atomic mass is 10.0. The van der Waals surface area contributed by atoms with Gasteiger partial charge in [-0.1, -0.05) is 0 Å². The van der Waals surface area contributed by atoms with Gasteiger partial charge in [-0.2, -0.15) is 0 Å². The molecule has 0 fully saturated rings. The van der Waals surface area contributed by atoms with Gasteiger partial charge in [0.15, 0.2) is 0 Å². The van der Waals surface area contributed by atoms with Gasteiger partial charge < -0.3 is 15.3 Å². The zero-order valence-electron chi connectivity index (χ0n) is 10.3. The quantitative estimate of drug-likeness (QED) is 0.648. The van der Waals surface area contributed by atoms with Crippen LogP contribution < -0.4 is 5.32 Å². The number of aliphatic hydroxyl groups is 1. The Morgan fingerprint density at radius 2 is 1.93 bits per heavy atom. The van der Waals surface area contributed by atoms with Crippen molar-refractivity contribution in [2.24, 2.45) is 0 Å². The molecule has 14 heavy (non-hydrogen) atoms. The fourth-order valence-corrected chi connectivity index (χ4v) is 1.08. The standard InChI is InChI=1S/C11H26N2O/c1-10(7-6-8-14)12-9-11(2,3)13(4)5/h10,12,14H,6-9H2,1-5H3. The summed E-state index contributed by atoms with van der Waals surface area (Å²) in [7, 11) is 4.19. The second kappa shape index (κ2) is 6.38. The second-order valence-corrected chi connectivity index (χ2v) is 4.85. The molecule has 0 aromatic carbocycles. The largest absolute Gasteiger partial charge is 0.396 e. The number of nitrogens with one attached hydrogen (secondary N) is 1. The van der Waals surface area contributed by atoms with Crippen LogP contribution in [-0.2, 0) is 0 Å². The Bertz CT molecular complexity index is 146. The molecular weight excluding hydrogens is 176 g/mol. The molecule has 1 unspecified atom stereocenters. The summed E-state index contributed by atoms with van der Waals surface area (Å²) in [5, 5.41) is 12.2. The van der Waals surface area contributed by atoms with Crippen LogP contribution in [0.25, 0.3) is 0 Å². The summed E-state index contributed by atoms with van der Waals surface area (Å²) in [6, 6.07) is 0.487. The van der Waals surface area contributed by atoms with Crippen molar-refractivity contribution in [3.8, 4) is 0 Å². The summed E-state index contributed by atoms with van der Waals surface area (Å²) in [5.41, 5.74) is 0.188. The lowest BCUT2D eigenvalue weighted by Crippen LogP contribution is -2.48. The molecular formula is C11H26N2O. The molecule has 0 aliphatic carbocycles. The van der Waals surface area contributed by atoms with Crippen LogP contribution >= 0.6 is 0 Å². The normalized spacial score (nSPS) is 14.8. The average Bonchev–Trinajstić information content (AvgIpc) is 2.11. The van der Waals surface area contributed by atoms with Crippen molar-refractivity contribution < 1.29 is 5.11 Å². The second-order valence-electron chi connectivity index (χ2n) is 4.85. The number of aliphatic hydroxyl groups excluding tert-OH is 1. The van der Waals surface area contributed by atoms with Gasteiger partial charge in [-0.25, -0.2) is 0 Å². The minimum absolute atomic E-state index is 0.188. The van der Waals surface area contributed by atoms with E-state index in [4.69, 9.17) is 5.11 Å². The van der Waals surface area contributed by atoms with Gasteiger partial charge in [-0.15, -0.1) is 0 Å². The predicted octanol–water partition coefficient (Wildman–Crippen LogP) is 1.08. The highest BCUT2D eigenvalue weighted by molar-refractivity contribution is 4.80. The van der Waals surface area contributed by atoms with Gasteiger partial charge in [0.25, 0.3) is 0 Å². The van der Waals surface area contributed by atoms with E-state index in [1.807, 2.05) is 0 Å². The molecule has 86 valence electrons. The van der Waals surface area contributed by atoms with E-state index in [-0.39, 0.29) is 5.54 Å². The molecule has 0 bridgehead atoms. The van der Waals surface area contributed by atoms with Crippen molar-refractivity contribution in [1.29, 1.82) is 0 Å². The molecule has 2 N–H and O–H groups in total. The van der Waals surface area contributed by atoms with Gasteiger partial charge in [0.1, 0.15) is 0 Å². The third-order valence-electron chi connectivity index (χ3n) is 2.89. The van der Waals surface area contributed by atoms with Gasteiger partial charge in [-0.3, -0.25) is 0 Å². The van der Waals surface area contributed by atoms with E-state index in [1.165, 1.54) is 0 Å². The Morgan fingerprint density at radius 3 is 2.36 bits per heavy atom. The highest BCUT2D eigenvalue weighted by Crippen LogP contribution is 2.08. The first-order valence-electron chi connectivity index (χ1n) is 5.42. The maximum Gasteiger partial charge on any atom is 0.0431 e. The fraction of sp³-hybridized carbons (Fsp3) is 1.00. The van der Waals surface area contributed by atoms with Crippen molar-refractivity contribution in [3.05, 3.63) is 0 Å². The van der Waals surface area contributed by atoms with Gasteiger partial charge in [0.05, 0.1) is 0 Å². The minimum atomic E-state index is 0.188. The maximum atomic E-state index is 8.70. The summed E-state index contributed by atoms with van der Waals surface area (Å²) in [6.45, 7) is 7.88. The molecule has 0 rings (SSSR count). The van der Waals surface area contributed by atoms with E-state index in [0.29, 0.717) is 12.6 Å². The predicted molar refractivity (Wildman–Crippen MR) is 61.6 cm³/mol. The zero-order chi connectivity index (χ0) is 11.2. The van der Waals surface area contributed by atoms with Crippen LogP contribution in [0.3, 0.4) is 0 Å². The summed E-state index contributed by atoms with van der Waals surface area (Å²) in [6.07, 6.45) is 1.93. The molecule has 0 aliphatic rings. The summed E-state index contributed by atoms with van der Waals surface area (Å²) in [5.74, 6) is 0. The van der Waals surface area contributed by atoms with Crippen LogP contribution in [0.1, 0.15) is 33.6 Å². The Morgan fingerprint density at radius 1 is 1.36 bits per heavy atom. The lowest BCUT2D eigenvalue weighted by molar-refractivity contribution is 0.183. The molecule has 1 atom stereocenters. The third-order valence-corrected chi connectivity index (χ3v) is 2.89. The number of hydrogen-bond donors (Lipinski definition) is 2. The van der Waals surface area contributed by atoms with E-state index in [1.54, 1.807) is 0 Å². The number of likely N-dealkylation sites (N-methyl/N-ethyl adjacent to an activating group) is 1. The monoisotopic (exact) mass is 202 g/mol. The molecule has 0 saturated heterocycles. The fourth-order valence-electron chi connectivity index (χ4n) is 1.08. The Kier molecular flexibility index (Phi) is 6.33. The first-order valence-corrected chi connectivity index (χ1v) is 5.42. The average molecular weight is 202 g/mol. The number of hydrogen-bond acceptors (Lipinski definition) is 3. The highest BCUT2D eigenvalue weighted by atomic mass is 16.2. The van der Waals surface area contributed by atoms with Crippen molar-refractivity contribution in [1.82, 2.24) is 10.2 Å². The van der Waals surface area contributed by atoms with E-state index in [2.05, 4.69) is 45.1 Å². The van der Waals surface area contributed by atoms with Crippen molar-refractivity contribution in [2.75, 3.05) is 27.2 Å². The molecule has 0 heterocycles. The van der Waals surface area contributed by atoms with Crippen molar-refractivity contribution >= 4 is 0 Å². The summed E-state index contributed by atoms with van der Waals surface area (Å²) < 4.78 is 0. The van der Waals surface area contributed by atoms with Crippen molar-refractivity contribution in [3.63, 3.8) is 0 Å². The molecule has 0 aliphatic heterocycles. The van der Waals surface area contributed by atoms with Crippen LogP contribution in [-0.4, -0.2) is 48.8 Å². The summed E-state index contributed by atoms with van der Waals surface area (Å²) >= 11 is 0. The number of nitrogens with zero attached hydrogens (tertiary/aromatic N) is 1. The van der Waals surface area contributed by atoms with Gasteiger partial charge in [0.2, 0.25) is 0 Å². The Hall–Kier alpha value is -0.120. The molecule has 3 nitrogen and oxygen atoms in total. The first-order chi connectivity index (χ1) is 6.40. The molecule has 0 spiro atoms. The highest BCUT2D eigenvalue weighted by Gasteiger charge is 2.20. The van der Waals surface area contributed by atoms with Gasteiger partial charge in [0, 0.05) is 24.7 Å². The Balaban J connectivity index is 3.70. The van der Waals surface area contributed by atoms with Crippen LogP contribution in [0.4, 0.5) is 0 Å². The number of rotatable bonds is 7. The molecule has 3 heteroatoms. The van der Waals surface area contributed by atoms with E-state index in [0.717, 1.165) is 19.4 Å². The van der Waals surface area contributed by atoms with Gasteiger partial charge in [-0.05, 0) is 47.7 Å². The molecule has 0 radical (unpaired) electrons. The molecule has 0 amide bonds. The van der Waals surface area contributed by atoms with Crippen molar-refractivity contribution in [2.45, 2.75) is 45.2 Å². The van der Waals surface area contributed by atoms with Gasteiger partial charge >= 0.3 is 0 Å². The first kappa shape index (κ1) is 13.9. The Labute approximate surface area is 88.5 Å². The minimum Gasteiger partial charge on any atom is -0.396 e. The van der Waals surface area contributed by atoms with Crippen LogP contribution in [0.2, 0.25) is 0 Å². The zero-order valence-corrected chi connectivity index (χ0v) is 10.3. The van der Waals surface area contributed by atoms with Crippen LogP contribution in [0.5, 0.6) is 0 Å². The summed E-state index contributed by atoms with van der Waals surface area (Å²) in [4.78, 5) is 2.22. The lowest BCUT2D eigenvalue weighted by Gasteiger charge is -2.34. The van der Waals surface area contributed by atoms with Crippen LogP contribution in [0.15, 0.2) is 0 Å². The maximum absolute atomic E-state index is 8.70. The SMILES string of the molecule is CC(CCCO)NCC(C)(C)N(C)C. The van der Waals surface area contributed by atoms with Crippen LogP contribution in [0, 0.1) is 0 Å².